The van der Waals surface area contributed by atoms with Crippen LogP contribution in [0.1, 0.15) is 35.5 Å². The zero-order valence-electron chi connectivity index (χ0n) is 18.7. The van der Waals surface area contributed by atoms with E-state index in [0.717, 1.165) is 12.3 Å². The van der Waals surface area contributed by atoms with E-state index in [-0.39, 0.29) is 22.0 Å². The molecule has 0 saturated heterocycles. The van der Waals surface area contributed by atoms with Crippen LogP contribution in [0.2, 0.25) is 5.02 Å². The fourth-order valence-corrected chi connectivity index (χ4v) is 3.85. The molecular weight excluding hydrogens is 490 g/mol. The predicted octanol–water partition coefficient (Wildman–Crippen LogP) is 6.88. The summed E-state index contributed by atoms with van der Waals surface area (Å²) in [6.45, 7) is 4.74. The molecule has 6 nitrogen and oxygen atoms in total. The molecule has 0 aliphatic heterocycles. The lowest BCUT2D eigenvalue weighted by Gasteiger charge is -2.14. The number of benzene rings is 2. The Balaban J connectivity index is 2.02. The molecule has 0 N–H and O–H groups in total. The molecule has 0 spiro atoms. The number of carbonyl (C=O) groups is 1. The van der Waals surface area contributed by atoms with E-state index >= 15 is 0 Å². The minimum absolute atomic E-state index is 0.116. The number of nitrogens with zero attached hydrogens (tertiary/aromatic N) is 3. The van der Waals surface area contributed by atoms with Crippen molar-refractivity contribution in [2.24, 2.45) is 0 Å². The van der Waals surface area contributed by atoms with Gasteiger partial charge in [0.2, 0.25) is 0 Å². The number of carbonyl (C=O) groups excluding carboxylic acids is 1. The van der Waals surface area contributed by atoms with Gasteiger partial charge in [0.25, 0.3) is 0 Å². The van der Waals surface area contributed by atoms with Crippen molar-refractivity contribution >= 4 is 17.6 Å². The summed E-state index contributed by atoms with van der Waals surface area (Å²) in [6.07, 6.45) is -4.63. The van der Waals surface area contributed by atoms with Gasteiger partial charge in [0.05, 0.1) is 34.1 Å². The molecular formula is C24H18ClF4N3O3. The topological polar surface area (TPSA) is 70.2 Å². The lowest BCUT2D eigenvalue weighted by molar-refractivity contribution is -0.142. The molecule has 0 bridgehead atoms. The number of hydrogen-bond acceptors (Lipinski definition) is 5. The Labute approximate surface area is 202 Å². The summed E-state index contributed by atoms with van der Waals surface area (Å²) in [7, 11) is 0. The van der Waals surface area contributed by atoms with Gasteiger partial charge in [0.15, 0.2) is 11.5 Å². The minimum Gasteiger partial charge on any atom is -0.459 e. The Morgan fingerprint density at radius 1 is 1.14 bits per heavy atom. The molecule has 2 aromatic carbocycles. The van der Waals surface area contributed by atoms with Crippen LogP contribution in [0.25, 0.3) is 28.3 Å². The van der Waals surface area contributed by atoms with Crippen molar-refractivity contribution < 1.29 is 31.6 Å². The first kappa shape index (κ1) is 24.5. The van der Waals surface area contributed by atoms with Crippen molar-refractivity contribution in [3.63, 3.8) is 0 Å². The molecule has 0 fully saturated rings. The molecule has 0 aliphatic carbocycles. The molecule has 2 aromatic heterocycles. The second-order valence-corrected chi connectivity index (χ2v) is 8.30. The molecule has 0 atom stereocenters. The molecule has 2 heterocycles. The molecule has 0 amide bonds. The average Bonchev–Trinajstić information content (AvgIpc) is 3.38. The van der Waals surface area contributed by atoms with Crippen LogP contribution in [0.4, 0.5) is 17.6 Å². The highest BCUT2D eigenvalue weighted by atomic mass is 35.5. The molecule has 0 radical (unpaired) electrons. The molecule has 0 unspecified atom stereocenters. The highest BCUT2D eigenvalue weighted by Gasteiger charge is 2.42. The molecule has 35 heavy (non-hydrogen) atoms. The highest BCUT2D eigenvalue weighted by Crippen LogP contribution is 2.43. The zero-order valence-corrected chi connectivity index (χ0v) is 19.4. The maximum Gasteiger partial charge on any atom is 0.434 e. The maximum atomic E-state index is 14.7. The van der Waals surface area contributed by atoms with Gasteiger partial charge >= 0.3 is 12.1 Å². The van der Waals surface area contributed by atoms with E-state index in [0.29, 0.717) is 10.2 Å². The Morgan fingerprint density at radius 2 is 1.86 bits per heavy atom. The number of para-hydroxylation sites is 1. The van der Waals surface area contributed by atoms with E-state index < -0.39 is 46.6 Å². The third-order valence-corrected chi connectivity index (χ3v) is 5.38. The van der Waals surface area contributed by atoms with Crippen LogP contribution in [0, 0.1) is 12.7 Å². The van der Waals surface area contributed by atoms with Gasteiger partial charge in [-0.15, -0.1) is 0 Å². The van der Waals surface area contributed by atoms with Crippen LogP contribution in [0.15, 0.2) is 53.2 Å². The number of hydrogen-bond donors (Lipinski definition) is 0. The van der Waals surface area contributed by atoms with Crippen LogP contribution in [-0.2, 0) is 10.9 Å². The van der Waals surface area contributed by atoms with Crippen molar-refractivity contribution in [3.05, 3.63) is 76.3 Å². The second kappa shape index (κ2) is 9.18. The van der Waals surface area contributed by atoms with Crippen molar-refractivity contribution in [1.82, 2.24) is 14.9 Å². The molecule has 4 rings (SSSR count). The van der Waals surface area contributed by atoms with Crippen LogP contribution >= 0.6 is 11.6 Å². The Morgan fingerprint density at radius 3 is 2.49 bits per heavy atom. The number of ether oxygens (including phenoxy) is 1. The van der Waals surface area contributed by atoms with E-state index in [1.165, 1.54) is 18.2 Å². The monoisotopic (exact) mass is 507 g/mol. The van der Waals surface area contributed by atoms with Gasteiger partial charge in [-0.25, -0.2) is 13.9 Å². The summed E-state index contributed by atoms with van der Waals surface area (Å²) < 4.78 is 68.8. The number of rotatable bonds is 5. The van der Waals surface area contributed by atoms with E-state index in [2.05, 4.69) is 10.3 Å². The van der Waals surface area contributed by atoms with Crippen LogP contribution in [-0.4, -0.2) is 27.0 Å². The van der Waals surface area contributed by atoms with E-state index in [4.69, 9.17) is 20.9 Å². The van der Waals surface area contributed by atoms with Gasteiger partial charge in [0.1, 0.15) is 17.1 Å². The summed E-state index contributed by atoms with van der Waals surface area (Å²) in [5.41, 5.74) is -2.25. The Hall–Kier alpha value is -3.66. The van der Waals surface area contributed by atoms with E-state index in [9.17, 15) is 22.4 Å². The predicted molar refractivity (Wildman–Crippen MR) is 120 cm³/mol. The lowest BCUT2D eigenvalue weighted by atomic mass is 10.0. The molecule has 182 valence electrons. The van der Waals surface area contributed by atoms with Crippen molar-refractivity contribution in [2.45, 2.75) is 33.1 Å². The third kappa shape index (κ3) is 4.53. The molecule has 0 aliphatic rings. The largest absolute Gasteiger partial charge is 0.459 e. The minimum atomic E-state index is -4.91. The first-order valence-electron chi connectivity index (χ1n) is 10.4. The molecule has 11 heteroatoms. The Kier molecular flexibility index (Phi) is 6.42. The lowest BCUT2D eigenvalue weighted by Crippen LogP contribution is -2.16. The number of aromatic nitrogens is 3. The van der Waals surface area contributed by atoms with Gasteiger partial charge in [-0.1, -0.05) is 41.0 Å². The summed E-state index contributed by atoms with van der Waals surface area (Å²) in [5.74, 6) is -2.47. The first-order valence-corrected chi connectivity index (χ1v) is 10.7. The summed E-state index contributed by atoms with van der Waals surface area (Å²) >= 11 is 6.14. The average molecular weight is 508 g/mol. The van der Waals surface area contributed by atoms with Crippen molar-refractivity contribution in [1.29, 1.82) is 0 Å². The number of aryl methyl sites for hydroxylation is 1. The summed E-state index contributed by atoms with van der Waals surface area (Å²) in [6, 6.07) is 10.1. The summed E-state index contributed by atoms with van der Waals surface area (Å²) in [4.78, 5) is 13.0. The highest BCUT2D eigenvalue weighted by molar-refractivity contribution is 6.33. The maximum absolute atomic E-state index is 14.7. The zero-order chi connectivity index (χ0) is 25.5. The third-order valence-electron chi connectivity index (χ3n) is 5.06. The first-order chi connectivity index (χ1) is 16.5. The summed E-state index contributed by atoms with van der Waals surface area (Å²) in [5, 5.41) is 7.54. The fourth-order valence-electron chi connectivity index (χ4n) is 3.60. The van der Waals surface area contributed by atoms with Gasteiger partial charge in [-0.05, 0) is 44.5 Å². The van der Waals surface area contributed by atoms with Gasteiger partial charge in [-0.3, -0.25) is 0 Å². The molecule has 0 saturated carbocycles. The van der Waals surface area contributed by atoms with Crippen molar-refractivity contribution in [3.8, 4) is 28.3 Å². The van der Waals surface area contributed by atoms with Gasteiger partial charge in [0, 0.05) is 0 Å². The van der Waals surface area contributed by atoms with Crippen molar-refractivity contribution in [2.75, 3.05) is 0 Å². The SMILES string of the molecule is Cc1ccccc1-n1ncc(-c2onc(-c3c(F)cccc3Cl)c2C(=O)OC(C)C)c1C(F)(F)F. The van der Waals surface area contributed by atoms with Crippen LogP contribution < -0.4 is 0 Å². The van der Waals surface area contributed by atoms with E-state index in [1.54, 1.807) is 39.0 Å². The number of halogens is 5. The van der Waals surface area contributed by atoms with Crippen LogP contribution in [0.3, 0.4) is 0 Å². The van der Waals surface area contributed by atoms with Gasteiger partial charge in [-0.2, -0.15) is 18.3 Å². The van der Waals surface area contributed by atoms with Gasteiger partial charge < -0.3 is 9.26 Å². The normalized spacial score (nSPS) is 11.8. The number of esters is 1. The quantitative estimate of drug-likeness (QED) is 0.217. The van der Waals surface area contributed by atoms with E-state index in [1.807, 2.05) is 0 Å². The van der Waals surface area contributed by atoms with Crippen LogP contribution in [0.5, 0.6) is 0 Å². The number of alkyl halides is 3. The smallest absolute Gasteiger partial charge is 0.434 e. The standard InChI is InChI=1S/C24H18ClF4N3O3/c1-12(2)34-23(33)19-20(18-15(25)8-6-9-16(18)26)31-35-21(19)14-11-30-32(22(14)24(27,28)29)17-10-5-4-7-13(17)3/h4-12H,1-3H3. The fraction of sp³-hybridized carbons (Fsp3) is 0.208. The second-order valence-electron chi connectivity index (χ2n) is 7.89. The molecule has 4 aromatic rings. The Bertz CT molecular complexity index is 1390.